The Balaban J connectivity index is 2.89. The zero-order valence-electron chi connectivity index (χ0n) is 11.6. The van der Waals surface area contributed by atoms with Crippen LogP contribution in [0.2, 0.25) is 0 Å². The number of nitrogen functional groups attached to an aromatic ring is 1. The lowest BCUT2D eigenvalue weighted by molar-refractivity contribution is 0.240. The molecule has 0 bridgehead atoms. The Bertz CT molecular complexity index is 431. The van der Waals surface area contributed by atoms with Crippen LogP contribution < -0.4 is 10.5 Å². The van der Waals surface area contributed by atoms with Crippen LogP contribution in [0.25, 0.3) is 0 Å². The van der Waals surface area contributed by atoms with Gasteiger partial charge in [0.15, 0.2) is 0 Å². The first kappa shape index (κ1) is 14.4. The number of aryl methyl sites for hydroxylation is 1. The minimum Gasteiger partial charge on any atom is -0.476 e. The van der Waals surface area contributed by atoms with Gasteiger partial charge in [-0.15, -0.1) is 5.10 Å². The Morgan fingerprint density at radius 3 is 2.61 bits per heavy atom. The van der Waals surface area contributed by atoms with Gasteiger partial charge in [-0.25, -0.2) is 0 Å². The van der Waals surface area contributed by atoms with E-state index in [-0.39, 0.29) is 5.84 Å². The molecule has 0 aliphatic carbocycles. The Hall–Kier alpha value is -1.65. The van der Waals surface area contributed by atoms with Crippen molar-refractivity contribution in [2.45, 2.75) is 40.5 Å². The molecule has 0 aliphatic heterocycles. The second-order valence-electron chi connectivity index (χ2n) is 4.71. The van der Waals surface area contributed by atoms with Gasteiger partial charge < -0.3 is 10.5 Å². The monoisotopic (exact) mass is 250 g/mol. The number of hydrogen-bond donors (Lipinski definition) is 2. The van der Waals surface area contributed by atoms with Crippen molar-refractivity contribution < 1.29 is 4.74 Å². The van der Waals surface area contributed by atoms with Crippen molar-refractivity contribution in [2.24, 2.45) is 11.7 Å². The van der Waals surface area contributed by atoms with Crippen LogP contribution in [0.1, 0.15) is 43.5 Å². The van der Waals surface area contributed by atoms with Crippen LogP contribution in [-0.4, -0.2) is 22.6 Å². The summed E-state index contributed by atoms with van der Waals surface area (Å²) in [6.07, 6.45) is 2.23. The molecule has 1 heterocycles. The zero-order chi connectivity index (χ0) is 13.7. The predicted octanol–water partition coefficient (Wildman–Crippen LogP) is 2.19. The van der Waals surface area contributed by atoms with E-state index >= 15 is 0 Å². The van der Waals surface area contributed by atoms with E-state index in [0.29, 0.717) is 24.0 Å². The summed E-state index contributed by atoms with van der Waals surface area (Å²) in [5, 5.41) is 15.6. The molecule has 1 unspecified atom stereocenters. The third-order valence-electron chi connectivity index (χ3n) is 2.98. The summed E-state index contributed by atoms with van der Waals surface area (Å²) in [7, 11) is 0. The number of nitrogens with one attached hydrogen (secondary N) is 1. The summed E-state index contributed by atoms with van der Waals surface area (Å²) < 4.78 is 5.65. The van der Waals surface area contributed by atoms with Crippen LogP contribution in [0.3, 0.4) is 0 Å². The number of nitrogens with two attached hydrogens (primary N) is 1. The largest absolute Gasteiger partial charge is 0.476 e. The summed E-state index contributed by atoms with van der Waals surface area (Å²) in [5.74, 6) is 0.801. The predicted molar refractivity (Wildman–Crippen MR) is 72.1 cm³/mol. The van der Waals surface area contributed by atoms with E-state index in [1.807, 2.05) is 13.8 Å². The second kappa shape index (κ2) is 6.33. The number of hydrogen-bond acceptors (Lipinski definition) is 4. The highest BCUT2D eigenvalue weighted by Gasteiger charge is 2.15. The third kappa shape index (κ3) is 3.42. The summed E-state index contributed by atoms with van der Waals surface area (Å²) in [6, 6.07) is 0. The fraction of sp³-hybridized carbons (Fsp3) is 0.615. The highest BCUT2D eigenvalue weighted by molar-refractivity contribution is 5.98. The van der Waals surface area contributed by atoms with E-state index < -0.39 is 0 Å². The molecule has 1 atom stereocenters. The first-order valence-electron chi connectivity index (χ1n) is 6.28. The lowest BCUT2D eigenvalue weighted by Crippen LogP contribution is -2.19. The molecule has 1 rings (SSSR count). The van der Waals surface area contributed by atoms with Crippen LogP contribution >= 0.6 is 0 Å². The fourth-order valence-electron chi connectivity index (χ4n) is 1.80. The van der Waals surface area contributed by atoms with E-state index in [9.17, 15) is 0 Å². The summed E-state index contributed by atoms with van der Waals surface area (Å²) in [6.45, 7) is 8.57. The van der Waals surface area contributed by atoms with E-state index in [0.717, 1.165) is 24.1 Å². The molecule has 0 spiro atoms. The molecular weight excluding hydrogens is 228 g/mol. The van der Waals surface area contributed by atoms with Crippen molar-refractivity contribution in [1.82, 2.24) is 10.2 Å². The van der Waals surface area contributed by atoms with Gasteiger partial charge in [0.2, 0.25) is 5.88 Å². The molecule has 18 heavy (non-hydrogen) atoms. The van der Waals surface area contributed by atoms with Crippen molar-refractivity contribution in [3.05, 3.63) is 16.8 Å². The molecule has 1 aromatic heterocycles. The first-order chi connectivity index (χ1) is 8.47. The standard InChI is InChI=1S/C13H22N4O/c1-5-6-8(2)7-18-13-11(12(14)15)9(3)10(4)16-17-13/h8H,5-7H2,1-4H3,(H3,14,15). The van der Waals surface area contributed by atoms with Gasteiger partial charge in [-0.3, -0.25) is 5.41 Å². The van der Waals surface area contributed by atoms with Crippen LogP contribution in [-0.2, 0) is 0 Å². The maximum Gasteiger partial charge on any atom is 0.244 e. The molecule has 5 nitrogen and oxygen atoms in total. The SMILES string of the molecule is CCCC(C)COc1nnc(C)c(C)c1C(=N)N. The molecule has 0 radical (unpaired) electrons. The Labute approximate surface area is 108 Å². The highest BCUT2D eigenvalue weighted by Crippen LogP contribution is 2.20. The molecular formula is C13H22N4O. The van der Waals surface area contributed by atoms with Gasteiger partial charge >= 0.3 is 0 Å². The minimum atomic E-state index is -0.0244. The van der Waals surface area contributed by atoms with Crippen molar-refractivity contribution in [1.29, 1.82) is 5.41 Å². The van der Waals surface area contributed by atoms with Gasteiger partial charge in [-0.1, -0.05) is 20.3 Å². The Morgan fingerprint density at radius 1 is 1.39 bits per heavy atom. The molecule has 100 valence electrons. The zero-order valence-corrected chi connectivity index (χ0v) is 11.6. The molecule has 0 saturated carbocycles. The minimum absolute atomic E-state index is 0.0244. The molecule has 1 aromatic rings. The Kier molecular flexibility index (Phi) is 5.07. The van der Waals surface area contributed by atoms with Crippen LogP contribution in [0.15, 0.2) is 0 Å². The normalized spacial score (nSPS) is 12.2. The fourth-order valence-corrected chi connectivity index (χ4v) is 1.80. The lowest BCUT2D eigenvalue weighted by atomic mass is 10.1. The first-order valence-corrected chi connectivity index (χ1v) is 6.28. The maximum absolute atomic E-state index is 7.61. The summed E-state index contributed by atoms with van der Waals surface area (Å²) in [5.41, 5.74) is 7.78. The lowest BCUT2D eigenvalue weighted by Gasteiger charge is -2.15. The number of rotatable bonds is 6. The molecule has 3 N–H and O–H groups in total. The van der Waals surface area contributed by atoms with E-state index in [2.05, 4.69) is 24.0 Å². The Morgan fingerprint density at radius 2 is 2.06 bits per heavy atom. The molecule has 0 aliphatic rings. The van der Waals surface area contributed by atoms with Gasteiger partial charge in [0, 0.05) is 0 Å². The molecule has 0 aromatic carbocycles. The van der Waals surface area contributed by atoms with Gasteiger partial charge in [0.1, 0.15) is 5.84 Å². The number of amidine groups is 1. The van der Waals surface area contributed by atoms with Crippen molar-refractivity contribution in [3.63, 3.8) is 0 Å². The van der Waals surface area contributed by atoms with Crippen molar-refractivity contribution in [2.75, 3.05) is 6.61 Å². The van der Waals surface area contributed by atoms with Crippen LogP contribution in [0.4, 0.5) is 0 Å². The van der Waals surface area contributed by atoms with E-state index in [1.54, 1.807) is 0 Å². The van der Waals surface area contributed by atoms with Gasteiger partial charge in [-0.05, 0) is 31.7 Å². The van der Waals surface area contributed by atoms with Crippen molar-refractivity contribution in [3.8, 4) is 5.88 Å². The molecule has 0 fully saturated rings. The van der Waals surface area contributed by atoms with E-state index in [1.165, 1.54) is 0 Å². The quantitative estimate of drug-likeness (QED) is 0.598. The number of ether oxygens (including phenoxy) is 1. The second-order valence-corrected chi connectivity index (χ2v) is 4.71. The molecule has 0 amide bonds. The number of nitrogens with zero attached hydrogens (tertiary/aromatic N) is 2. The summed E-state index contributed by atoms with van der Waals surface area (Å²) in [4.78, 5) is 0. The van der Waals surface area contributed by atoms with Crippen molar-refractivity contribution >= 4 is 5.84 Å². The smallest absolute Gasteiger partial charge is 0.244 e. The topological polar surface area (TPSA) is 84.9 Å². The van der Waals surface area contributed by atoms with Crippen LogP contribution in [0, 0.1) is 25.2 Å². The van der Waals surface area contributed by atoms with Gasteiger partial charge in [-0.2, -0.15) is 5.10 Å². The van der Waals surface area contributed by atoms with Gasteiger partial charge in [0.25, 0.3) is 0 Å². The molecule has 0 saturated heterocycles. The van der Waals surface area contributed by atoms with E-state index in [4.69, 9.17) is 15.9 Å². The average Bonchev–Trinajstić information content (AvgIpc) is 2.30. The maximum atomic E-state index is 7.61. The highest BCUT2D eigenvalue weighted by atomic mass is 16.5. The molecule has 5 heteroatoms. The number of aromatic nitrogens is 2. The van der Waals surface area contributed by atoms with Crippen LogP contribution in [0.5, 0.6) is 5.88 Å². The van der Waals surface area contributed by atoms with Gasteiger partial charge in [0.05, 0.1) is 17.9 Å². The summed E-state index contributed by atoms with van der Waals surface area (Å²) >= 11 is 0. The average molecular weight is 250 g/mol. The third-order valence-corrected chi connectivity index (χ3v) is 2.98.